The quantitative estimate of drug-likeness (QED) is 0.530. The zero-order valence-electron chi connectivity index (χ0n) is 16.3. The lowest BCUT2D eigenvalue weighted by Crippen LogP contribution is -2.27. The summed E-state index contributed by atoms with van der Waals surface area (Å²) in [5.74, 6) is 0.237. The van der Waals surface area contributed by atoms with Gasteiger partial charge in [-0.25, -0.2) is 4.68 Å². The molecule has 0 N–H and O–H groups in total. The molecule has 0 unspecified atom stereocenters. The van der Waals surface area contributed by atoms with Gasteiger partial charge >= 0.3 is 12.1 Å². The number of hydrogen-bond donors (Lipinski definition) is 0. The molecule has 0 saturated heterocycles. The van der Waals surface area contributed by atoms with Gasteiger partial charge in [0, 0.05) is 17.7 Å². The molecule has 5 nitrogen and oxygen atoms in total. The molecular formula is C21H21F3N2O3. The van der Waals surface area contributed by atoms with Gasteiger partial charge in [0.1, 0.15) is 11.5 Å². The van der Waals surface area contributed by atoms with E-state index >= 15 is 0 Å². The molecule has 0 aliphatic rings. The summed E-state index contributed by atoms with van der Waals surface area (Å²) >= 11 is 0. The Bertz CT molecular complexity index is 991. The average molecular weight is 406 g/mol. The summed E-state index contributed by atoms with van der Waals surface area (Å²) in [6, 6.07) is 12.2. The highest BCUT2D eigenvalue weighted by atomic mass is 19.4. The van der Waals surface area contributed by atoms with Crippen LogP contribution in [0.5, 0.6) is 0 Å². The van der Waals surface area contributed by atoms with Crippen LogP contribution in [0.25, 0.3) is 5.69 Å². The van der Waals surface area contributed by atoms with Crippen molar-refractivity contribution in [2.45, 2.75) is 45.9 Å². The van der Waals surface area contributed by atoms with Crippen LogP contribution >= 0.6 is 0 Å². The fraction of sp³-hybridized carbons (Fsp3) is 0.333. The maximum Gasteiger partial charge on any atom is 0.429 e. The molecule has 0 radical (unpaired) electrons. The van der Waals surface area contributed by atoms with E-state index in [9.17, 15) is 18.0 Å². The lowest BCUT2D eigenvalue weighted by Gasteiger charge is -2.21. The molecule has 1 aromatic carbocycles. The number of esters is 1. The Morgan fingerprint density at radius 3 is 2.41 bits per heavy atom. The first-order valence-corrected chi connectivity index (χ1v) is 9.10. The number of furan rings is 1. The minimum absolute atomic E-state index is 0.149. The van der Waals surface area contributed by atoms with E-state index in [4.69, 9.17) is 9.15 Å². The molecule has 1 atom stereocenters. The van der Waals surface area contributed by atoms with Crippen molar-refractivity contribution in [1.82, 2.24) is 9.78 Å². The highest BCUT2D eigenvalue weighted by molar-refractivity contribution is 5.70. The zero-order chi connectivity index (χ0) is 21.2. The largest absolute Gasteiger partial charge is 0.466 e. The molecule has 0 spiro atoms. The number of carbonyl (C=O) groups is 1. The zero-order valence-corrected chi connectivity index (χ0v) is 16.3. The summed E-state index contributed by atoms with van der Waals surface area (Å²) in [7, 11) is 0. The Morgan fingerprint density at radius 1 is 1.14 bits per heavy atom. The van der Waals surface area contributed by atoms with Crippen molar-refractivity contribution in [3.8, 4) is 5.69 Å². The number of hydrogen-bond acceptors (Lipinski definition) is 4. The molecule has 0 fully saturated rings. The monoisotopic (exact) mass is 406 g/mol. The van der Waals surface area contributed by atoms with E-state index < -0.39 is 18.2 Å². The second-order valence-electron chi connectivity index (χ2n) is 6.76. The van der Waals surface area contributed by atoms with Crippen LogP contribution in [0.4, 0.5) is 13.2 Å². The summed E-state index contributed by atoms with van der Waals surface area (Å²) in [5.41, 5.74) is 0.900. The van der Waals surface area contributed by atoms with E-state index in [0.29, 0.717) is 17.2 Å². The van der Waals surface area contributed by atoms with Gasteiger partial charge in [0.2, 0.25) is 6.10 Å². The Kier molecular flexibility index (Phi) is 5.81. The van der Waals surface area contributed by atoms with Gasteiger partial charge in [-0.3, -0.25) is 4.79 Å². The lowest BCUT2D eigenvalue weighted by molar-refractivity contribution is -0.224. The van der Waals surface area contributed by atoms with Crippen LogP contribution in [-0.2, 0) is 16.0 Å². The van der Waals surface area contributed by atoms with Crippen LogP contribution < -0.4 is 0 Å². The molecule has 3 aromatic rings. The third-order valence-corrected chi connectivity index (χ3v) is 4.53. The molecule has 0 amide bonds. The molecule has 8 heteroatoms. The smallest absolute Gasteiger partial charge is 0.429 e. The molecule has 154 valence electrons. The topological polar surface area (TPSA) is 57.3 Å². The molecular weight excluding hydrogens is 385 g/mol. The molecule has 0 aliphatic carbocycles. The average Bonchev–Trinajstić information content (AvgIpc) is 3.21. The minimum Gasteiger partial charge on any atom is -0.466 e. The number of carbonyl (C=O) groups excluding carboxylic acids is 1. The van der Waals surface area contributed by atoms with Gasteiger partial charge in [-0.1, -0.05) is 18.2 Å². The molecule has 3 rings (SSSR count). The maximum absolute atomic E-state index is 13.8. The van der Waals surface area contributed by atoms with E-state index in [0.717, 1.165) is 0 Å². The molecule has 2 aromatic heterocycles. The van der Waals surface area contributed by atoms with Crippen molar-refractivity contribution in [3.63, 3.8) is 0 Å². The van der Waals surface area contributed by atoms with Gasteiger partial charge in [0.05, 0.1) is 17.8 Å². The number of rotatable bonds is 6. The van der Waals surface area contributed by atoms with Crippen LogP contribution in [0.15, 0.2) is 46.9 Å². The summed E-state index contributed by atoms with van der Waals surface area (Å²) in [4.78, 5) is 12.2. The van der Waals surface area contributed by atoms with E-state index in [2.05, 4.69) is 5.10 Å². The van der Waals surface area contributed by atoms with Crippen molar-refractivity contribution in [3.05, 3.63) is 70.9 Å². The molecule has 2 heterocycles. The number of aryl methyl sites for hydroxylation is 3. The van der Waals surface area contributed by atoms with Crippen molar-refractivity contribution >= 4 is 5.97 Å². The van der Waals surface area contributed by atoms with Gasteiger partial charge < -0.3 is 9.15 Å². The summed E-state index contributed by atoms with van der Waals surface area (Å²) < 4.78 is 53.0. The normalized spacial score (nSPS) is 12.8. The molecule has 0 aliphatic heterocycles. The Hall–Kier alpha value is -3.03. The Balaban J connectivity index is 1.84. The van der Waals surface area contributed by atoms with Crippen LogP contribution in [0.1, 0.15) is 41.0 Å². The maximum atomic E-state index is 13.8. The fourth-order valence-corrected chi connectivity index (χ4v) is 3.18. The van der Waals surface area contributed by atoms with Gasteiger partial charge in [-0.2, -0.15) is 18.3 Å². The molecule has 29 heavy (non-hydrogen) atoms. The van der Waals surface area contributed by atoms with E-state index in [1.807, 2.05) is 0 Å². The SMILES string of the molecule is Cc1ccc(CCC(=O)O[C@H](c2c(C)nn(-c3ccccc3)c2C)C(F)(F)F)o1. The first kappa shape index (κ1) is 20.7. The van der Waals surface area contributed by atoms with Crippen molar-refractivity contribution in [2.75, 3.05) is 0 Å². The number of alkyl halides is 3. The standard InChI is InChI=1S/C21H21F3N2O3/c1-13-9-10-17(28-13)11-12-18(27)29-20(21(22,23)24)19-14(2)25-26(15(19)3)16-7-5-4-6-8-16/h4-10,20H,11-12H2,1-3H3/t20-/m1/s1. The van der Waals surface area contributed by atoms with Crippen LogP contribution in [0.2, 0.25) is 0 Å². The number of aromatic nitrogens is 2. The van der Waals surface area contributed by atoms with Crippen LogP contribution in [0, 0.1) is 20.8 Å². The second kappa shape index (κ2) is 8.14. The Morgan fingerprint density at radius 2 is 1.83 bits per heavy atom. The number of halogens is 3. The van der Waals surface area contributed by atoms with Crippen molar-refractivity contribution in [2.24, 2.45) is 0 Å². The minimum atomic E-state index is -4.77. The first-order chi connectivity index (χ1) is 13.7. The van der Waals surface area contributed by atoms with E-state index in [1.165, 1.54) is 18.5 Å². The highest BCUT2D eigenvalue weighted by Crippen LogP contribution is 2.39. The molecule has 0 bridgehead atoms. The van der Waals surface area contributed by atoms with Gasteiger partial charge in [-0.05, 0) is 45.0 Å². The van der Waals surface area contributed by atoms with Crippen molar-refractivity contribution in [1.29, 1.82) is 0 Å². The number of benzene rings is 1. The summed E-state index contributed by atoms with van der Waals surface area (Å²) in [6.45, 7) is 4.75. The molecule has 0 saturated carbocycles. The highest BCUT2D eigenvalue weighted by Gasteiger charge is 2.46. The summed E-state index contributed by atoms with van der Waals surface area (Å²) in [5, 5.41) is 4.23. The van der Waals surface area contributed by atoms with Gasteiger partial charge in [-0.15, -0.1) is 0 Å². The second-order valence-corrected chi connectivity index (χ2v) is 6.76. The predicted octanol–water partition coefficient (Wildman–Crippen LogP) is 5.17. The van der Waals surface area contributed by atoms with Gasteiger partial charge in [0.15, 0.2) is 0 Å². The summed E-state index contributed by atoms with van der Waals surface area (Å²) in [6.07, 6.45) is -7.20. The Labute approximate surface area is 166 Å². The van der Waals surface area contributed by atoms with Crippen LogP contribution in [0.3, 0.4) is 0 Å². The number of ether oxygens (including phenoxy) is 1. The number of nitrogens with zero attached hydrogens (tertiary/aromatic N) is 2. The third kappa shape index (κ3) is 4.70. The van der Waals surface area contributed by atoms with Gasteiger partial charge in [0.25, 0.3) is 0 Å². The van der Waals surface area contributed by atoms with Crippen LogP contribution in [-0.4, -0.2) is 21.9 Å². The van der Waals surface area contributed by atoms with E-state index in [-0.39, 0.29) is 29.8 Å². The third-order valence-electron chi connectivity index (χ3n) is 4.53. The van der Waals surface area contributed by atoms with Crippen molar-refractivity contribution < 1.29 is 27.1 Å². The number of para-hydroxylation sites is 1. The first-order valence-electron chi connectivity index (χ1n) is 9.10. The predicted molar refractivity (Wildman–Crippen MR) is 99.7 cm³/mol. The fourth-order valence-electron chi connectivity index (χ4n) is 3.18. The lowest BCUT2D eigenvalue weighted by atomic mass is 10.1. The van der Waals surface area contributed by atoms with E-state index in [1.54, 1.807) is 49.4 Å².